The molecular formula is C33H28N4O. The second-order valence-corrected chi connectivity index (χ2v) is 9.83. The Balaban J connectivity index is 1.62. The van der Waals surface area contributed by atoms with Crippen molar-refractivity contribution in [2.24, 2.45) is 7.05 Å². The van der Waals surface area contributed by atoms with Gasteiger partial charge in [0.15, 0.2) is 0 Å². The summed E-state index contributed by atoms with van der Waals surface area (Å²) in [5.74, 6) is 0.892. The summed E-state index contributed by atoms with van der Waals surface area (Å²) >= 11 is 0. The molecule has 0 aliphatic carbocycles. The average Bonchev–Trinajstić information content (AvgIpc) is 3.25. The van der Waals surface area contributed by atoms with Crippen LogP contribution in [-0.4, -0.2) is 24.6 Å². The zero-order chi connectivity index (χ0) is 26.4. The summed E-state index contributed by atoms with van der Waals surface area (Å²) in [6.45, 7) is 6.46. The van der Waals surface area contributed by atoms with Gasteiger partial charge in [-0.25, -0.2) is 4.98 Å². The van der Waals surface area contributed by atoms with Crippen LogP contribution in [0.2, 0.25) is 0 Å². The summed E-state index contributed by atoms with van der Waals surface area (Å²) < 4.78 is 2.01. The van der Waals surface area contributed by atoms with Crippen molar-refractivity contribution in [2.75, 3.05) is 0 Å². The highest BCUT2D eigenvalue weighted by atomic mass is 16.3. The third kappa shape index (κ3) is 4.02. The Kier molecular flexibility index (Phi) is 5.76. The molecule has 0 bridgehead atoms. The molecular weight excluding hydrogens is 468 g/mol. The minimum atomic E-state index is 0.199. The Morgan fingerprint density at radius 1 is 0.711 bits per heavy atom. The normalized spacial score (nSPS) is 11.3. The van der Waals surface area contributed by atoms with Crippen LogP contribution in [0.15, 0.2) is 91.3 Å². The molecule has 3 heterocycles. The largest absolute Gasteiger partial charge is 0.507 e. The number of fused-ring (bicyclic) bond motifs is 1. The van der Waals surface area contributed by atoms with E-state index in [2.05, 4.69) is 56.1 Å². The van der Waals surface area contributed by atoms with Gasteiger partial charge in [-0.05, 0) is 91.6 Å². The van der Waals surface area contributed by atoms with Gasteiger partial charge in [0.1, 0.15) is 17.1 Å². The van der Waals surface area contributed by atoms with E-state index in [-0.39, 0.29) is 5.75 Å². The van der Waals surface area contributed by atoms with E-state index in [1.54, 1.807) is 6.07 Å². The number of imidazole rings is 1. The van der Waals surface area contributed by atoms with Crippen molar-refractivity contribution in [1.82, 2.24) is 19.5 Å². The number of hydrogen-bond acceptors (Lipinski definition) is 4. The summed E-state index contributed by atoms with van der Waals surface area (Å²) in [5.41, 5.74) is 12.2. The number of phenolic OH excluding ortho intramolecular Hbond substituents is 1. The van der Waals surface area contributed by atoms with Gasteiger partial charge < -0.3 is 9.67 Å². The number of para-hydroxylation sites is 1. The molecule has 0 unspecified atom stereocenters. The van der Waals surface area contributed by atoms with E-state index in [1.807, 2.05) is 66.5 Å². The molecule has 0 atom stereocenters. The maximum absolute atomic E-state index is 10.5. The number of pyridine rings is 2. The SMILES string of the molecule is Cc1cc(C)c(-c2cc(-c3ccccn3)cc(-c3nccc4c3nc(-c3ccccc3O)n4C)c2)c(C)c1. The molecule has 0 saturated carbocycles. The van der Waals surface area contributed by atoms with Gasteiger partial charge in [0.25, 0.3) is 0 Å². The van der Waals surface area contributed by atoms with E-state index in [9.17, 15) is 5.11 Å². The van der Waals surface area contributed by atoms with Crippen molar-refractivity contribution < 1.29 is 5.11 Å². The van der Waals surface area contributed by atoms with Crippen molar-refractivity contribution in [2.45, 2.75) is 20.8 Å². The number of aryl methyl sites for hydroxylation is 4. The molecule has 0 fully saturated rings. The van der Waals surface area contributed by atoms with Crippen LogP contribution < -0.4 is 0 Å². The molecule has 0 radical (unpaired) electrons. The van der Waals surface area contributed by atoms with Crippen molar-refractivity contribution in [3.63, 3.8) is 0 Å². The fraction of sp³-hybridized carbons (Fsp3) is 0.121. The Morgan fingerprint density at radius 3 is 2.16 bits per heavy atom. The van der Waals surface area contributed by atoms with Crippen LogP contribution in [0.25, 0.3) is 56.1 Å². The fourth-order valence-corrected chi connectivity index (χ4v) is 5.46. The van der Waals surface area contributed by atoms with Gasteiger partial charge in [-0.1, -0.05) is 35.9 Å². The molecule has 186 valence electrons. The molecule has 3 aromatic carbocycles. The van der Waals surface area contributed by atoms with Gasteiger partial charge in [0.05, 0.1) is 22.5 Å². The number of hydrogen-bond donors (Lipinski definition) is 1. The minimum Gasteiger partial charge on any atom is -0.507 e. The highest BCUT2D eigenvalue weighted by molar-refractivity contribution is 5.94. The number of aromatic nitrogens is 4. The molecule has 3 aromatic heterocycles. The summed E-state index contributed by atoms with van der Waals surface area (Å²) in [6.07, 6.45) is 3.64. The zero-order valence-corrected chi connectivity index (χ0v) is 21.9. The number of rotatable bonds is 4. The molecule has 1 N–H and O–H groups in total. The zero-order valence-electron chi connectivity index (χ0n) is 21.9. The molecule has 0 amide bonds. The predicted molar refractivity (Wildman–Crippen MR) is 154 cm³/mol. The van der Waals surface area contributed by atoms with Crippen molar-refractivity contribution >= 4 is 11.0 Å². The molecule has 5 nitrogen and oxygen atoms in total. The van der Waals surface area contributed by atoms with Crippen molar-refractivity contribution in [1.29, 1.82) is 0 Å². The highest BCUT2D eigenvalue weighted by Crippen LogP contribution is 2.38. The van der Waals surface area contributed by atoms with E-state index in [0.717, 1.165) is 39.1 Å². The maximum Gasteiger partial charge on any atom is 0.144 e. The van der Waals surface area contributed by atoms with Crippen LogP contribution in [-0.2, 0) is 7.05 Å². The summed E-state index contributed by atoms with van der Waals surface area (Å²) in [6, 6.07) is 26.2. The van der Waals surface area contributed by atoms with Crippen LogP contribution in [0.1, 0.15) is 16.7 Å². The first-order valence-electron chi connectivity index (χ1n) is 12.7. The topological polar surface area (TPSA) is 63.8 Å². The van der Waals surface area contributed by atoms with Gasteiger partial charge in [-0.3, -0.25) is 9.97 Å². The van der Waals surface area contributed by atoms with E-state index in [4.69, 9.17) is 9.97 Å². The Hall–Kier alpha value is -4.77. The average molecular weight is 497 g/mol. The van der Waals surface area contributed by atoms with Gasteiger partial charge >= 0.3 is 0 Å². The number of phenols is 1. The standard InChI is InChI=1S/C33H28N4O/c1-20-15-21(2)30(22(3)16-20)24-17-23(27-10-7-8-13-34-27)18-25(19-24)31-32-28(12-14-35-31)37(4)33(36-32)26-9-5-6-11-29(26)38/h5-19,38H,1-4H3. The molecule has 5 heteroatoms. The second kappa shape index (κ2) is 9.27. The third-order valence-electron chi connectivity index (χ3n) is 7.08. The predicted octanol–water partition coefficient (Wildman–Crippen LogP) is 7.66. The van der Waals surface area contributed by atoms with Crippen molar-refractivity contribution in [3.8, 4) is 50.8 Å². The smallest absolute Gasteiger partial charge is 0.144 e. The molecule has 0 aliphatic heterocycles. The van der Waals surface area contributed by atoms with E-state index < -0.39 is 0 Å². The van der Waals surface area contributed by atoms with Crippen LogP contribution in [0, 0.1) is 20.8 Å². The molecule has 0 aliphatic rings. The maximum atomic E-state index is 10.5. The molecule has 6 rings (SSSR count). The fourth-order valence-electron chi connectivity index (χ4n) is 5.46. The van der Waals surface area contributed by atoms with E-state index in [0.29, 0.717) is 11.4 Å². The lowest BCUT2D eigenvalue weighted by atomic mass is 9.90. The summed E-state index contributed by atoms with van der Waals surface area (Å²) in [7, 11) is 1.97. The monoisotopic (exact) mass is 496 g/mol. The van der Waals surface area contributed by atoms with E-state index in [1.165, 1.54) is 22.3 Å². The number of nitrogens with zero attached hydrogens (tertiary/aromatic N) is 4. The van der Waals surface area contributed by atoms with E-state index >= 15 is 0 Å². The lowest BCUT2D eigenvalue weighted by Crippen LogP contribution is -1.94. The lowest BCUT2D eigenvalue weighted by Gasteiger charge is -2.15. The van der Waals surface area contributed by atoms with Gasteiger partial charge in [0.2, 0.25) is 0 Å². The molecule has 0 spiro atoms. The van der Waals surface area contributed by atoms with Crippen LogP contribution in [0.5, 0.6) is 5.75 Å². The second-order valence-electron chi connectivity index (χ2n) is 9.83. The molecule has 0 saturated heterocycles. The van der Waals surface area contributed by atoms with Gasteiger partial charge in [-0.15, -0.1) is 0 Å². The van der Waals surface area contributed by atoms with Crippen molar-refractivity contribution in [3.05, 3.63) is 108 Å². The van der Waals surface area contributed by atoms with Crippen LogP contribution in [0.4, 0.5) is 0 Å². The number of aromatic hydroxyl groups is 1. The highest BCUT2D eigenvalue weighted by Gasteiger charge is 2.19. The van der Waals surface area contributed by atoms with Gasteiger partial charge in [-0.2, -0.15) is 0 Å². The quantitative estimate of drug-likeness (QED) is 0.272. The van der Waals surface area contributed by atoms with Crippen LogP contribution in [0.3, 0.4) is 0 Å². The first-order valence-corrected chi connectivity index (χ1v) is 12.7. The van der Waals surface area contributed by atoms with Crippen LogP contribution >= 0.6 is 0 Å². The first-order chi connectivity index (χ1) is 18.4. The Bertz CT molecular complexity index is 1800. The molecule has 6 aromatic rings. The Labute approximate surface area is 222 Å². The summed E-state index contributed by atoms with van der Waals surface area (Å²) in [4.78, 5) is 14.5. The third-order valence-corrected chi connectivity index (χ3v) is 7.08. The minimum absolute atomic E-state index is 0.199. The van der Waals surface area contributed by atoms with Gasteiger partial charge in [0, 0.05) is 30.6 Å². The Morgan fingerprint density at radius 2 is 1.42 bits per heavy atom. The summed E-state index contributed by atoms with van der Waals surface area (Å²) in [5, 5.41) is 10.5. The number of benzene rings is 3. The first kappa shape index (κ1) is 23.6. The lowest BCUT2D eigenvalue weighted by molar-refractivity contribution is 0.476. The molecule has 38 heavy (non-hydrogen) atoms.